The summed E-state index contributed by atoms with van der Waals surface area (Å²) in [4.78, 5) is 30.3. The molecule has 2 fully saturated rings. The minimum atomic E-state index is -0.127. The van der Waals surface area contributed by atoms with Crippen LogP contribution in [0, 0.1) is 17.8 Å². The minimum absolute atomic E-state index is 0.0726. The van der Waals surface area contributed by atoms with Crippen LogP contribution >= 0.6 is 15.9 Å². The highest BCUT2D eigenvalue weighted by Crippen LogP contribution is 2.45. The van der Waals surface area contributed by atoms with Crippen LogP contribution in [0.1, 0.15) is 26.2 Å². The molecule has 1 aromatic heterocycles. The summed E-state index contributed by atoms with van der Waals surface area (Å²) in [5.41, 5.74) is 0. The molecule has 0 radical (unpaired) electrons. The second-order valence-electron chi connectivity index (χ2n) is 5.29. The highest BCUT2D eigenvalue weighted by Gasteiger charge is 2.53. The Morgan fingerprint density at radius 1 is 1.26 bits per heavy atom. The summed E-state index contributed by atoms with van der Waals surface area (Å²) in [7, 11) is 0. The molecule has 0 N–H and O–H groups in total. The summed E-state index contributed by atoms with van der Waals surface area (Å²) in [5, 5.41) is 0. The molecule has 4 nitrogen and oxygen atoms in total. The van der Waals surface area contributed by atoms with Gasteiger partial charge in [0.25, 0.3) is 0 Å². The van der Waals surface area contributed by atoms with Gasteiger partial charge in [-0.3, -0.25) is 9.59 Å². The molecule has 0 spiro atoms. The third kappa shape index (κ3) is 2.00. The van der Waals surface area contributed by atoms with E-state index in [1.54, 1.807) is 18.2 Å². The van der Waals surface area contributed by atoms with E-state index in [1.807, 2.05) is 0 Å². The monoisotopic (exact) mass is 322 g/mol. The standard InChI is InChI=1S/C14H15BrN2O2/c1-2-8-6-9-10(7-8)14(19)17(13(9)18)12-5-3-4-11(15)16-12/h3-5,8-10H,2,6-7H2,1H3. The minimum Gasteiger partial charge on any atom is -0.274 e. The second kappa shape index (κ2) is 4.71. The fourth-order valence-electron chi connectivity index (χ4n) is 3.21. The van der Waals surface area contributed by atoms with Gasteiger partial charge in [0.15, 0.2) is 0 Å². The number of pyridine rings is 1. The number of nitrogens with zero attached hydrogens (tertiary/aromatic N) is 2. The van der Waals surface area contributed by atoms with Crippen LogP contribution in [-0.4, -0.2) is 16.8 Å². The Hall–Kier alpha value is -1.23. The van der Waals surface area contributed by atoms with Crippen molar-refractivity contribution in [2.75, 3.05) is 4.90 Å². The number of carbonyl (C=O) groups is 2. The van der Waals surface area contributed by atoms with Gasteiger partial charge in [0.05, 0.1) is 11.8 Å². The Morgan fingerprint density at radius 2 is 1.89 bits per heavy atom. The summed E-state index contributed by atoms with van der Waals surface area (Å²) in [5.74, 6) is 0.553. The van der Waals surface area contributed by atoms with Gasteiger partial charge in [0.2, 0.25) is 11.8 Å². The molecule has 0 aromatic carbocycles. The number of carbonyl (C=O) groups excluding carboxylic acids is 2. The number of imide groups is 1. The lowest BCUT2D eigenvalue weighted by atomic mass is 10.00. The van der Waals surface area contributed by atoms with Crippen molar-refractivity contribution in [3.63, 3.8) is 0 Å². The van der Waals surface area contributed by atoms with Crippen molar-refractivity contribution in [1.82, 2.24) is 4.98 Å². The van der Waals surface area contributed by atoms with Crippen molar-refractivity contribution >= 4 is 33.6 Å². The van der Waals surface area contributed by atoms with E-state index in [4.69, 9.17) is 0 Å². The number of hydrogen-bond donors (Lipinski definition) is 0. The van der Waals surface area contributed by atoms with Crippen LogP contribution in [0.25, 0.3) is 0 Å². The molecule has 1 saturated heterocycles. The number of rotatable bonds is 2. The molecule has 1 aliphatic heterocycles. The molecule has 2 heterocycles. The average molecular weight is 323 g/mol. The molecule has 2 amide bonds. The number of amides is 2. The van der Waals surface area contributed by atoms with Gasteiger partial charge in [-0.1, -0.05) is 19.4 Å². The van der Waals surface area contributed by atoms with Crippen molar-refractivity contribution in [2.45, 2.75) is 26.2 Å². The number of fused-ring (bicyclic) bond motifs is 1. The predicted octanol–water partition coefficient (Wildman–Crippen LogP) is 2.77. The molecule has 2 atom stereocenters. The Bertz CT molecular complexity index is 522. The summed E-state index contributed by atoms with van der Waals surface area (Å²) >= 11 is 3.27. The van der Waals surface area contributed by atoms with Crippen molar-refractivity contribution in [1.29, 1.82) is 0 Å². The molecule has 3 rings (SSSR count). The van der Waals surface area contributed by atoms with Crippen molar-refractivity contribution in [3.8, 4) is 0 Å². The average Bonchev–Trinajstić information content (AvgIpc) is 2.91. The smallest absolute Gasteiger partial charge is 0.238 e. The van der Waals surface area contributed by atoms with Crippen LogP contribution in [-0.2, 0) is 9.59 Å². The van der Waals surface area contributed by atoms with Crippen molar-refractivity contribution < 1.29 is 9.59 Å². The Kier molecular flexibility index (Phi) is 3.17. The maximum atomic E-state index is 12.4. The molecule has 0 bridgehead atoms. The maximum absolute atomic E-state index is 12.4. The van der Waals surface area contributed by atoms with Crippen molar-refractivity contribution in [3.05, 3.63) is 22.8 Å². The molecule has 1 aliphatic carbocycles. The predicted molar refractivity (Wildman–Crippen MR) is 74.4 cm³/mol. The van der Waals surface area contributed by atoms with E-state index in [9.17, 15) is 9.59 Å². The number of hydrogen-bond acceptors (Lipinski definition) is 3. The zero-order chi connectivity index (χ0) is 13.6. The lowest BCUT2D eigenvalue weighted by Crippen LogP contribution is -2.32. The third-order valence-corrected chi connectivity index (χ3v) is 4.68. The van der Waals surface area contributed by atoms with E-state index in [2.05, 4.69) is 27.8 Å². The molecule has 19 heavy (non-hydrogen) atoms. The van der Waals surface area contributed by atoms with Gasteiger partial charge in [-0.05, 0) is 46.8 Å². The van der Waals surface area contributed by atoms with Gasteiger partial charge in [-0.25, -0.2) is 9.88 Å². The van der Waals surface area contributed by atoms with E-state index in [1.165, 1.54) is 4.90 Å². The lowest BCUT2D eigenvalue weighted by Gasteiger charge is -2.16. The summed E-state index contributed by atoms with van der Waals surface area (Å²) in [6.45, 7) is 2.12. The molecule has 1 saturated carbocycles. The molecule has 100 valence electrons. The van der Waals surface area contributed by atoms with Gasteiger partial charge in [-0.15, -0.1) is 0 Å². The first-order valence-electron chi connectivity index (χ1n) is 6.62. The Balaban J connectivity index is 1.91. The summed E-state index contributed by atoms with van der Waals surface area (Å²) in [6, 6.07) is 5.28. The zero-order valence-corrected chi connectivity index (χ0v) is 12.3. The largest absolute Gasteiger partial charge is 0.274 e. The quantitative estimate of drug-likeness (QED) is 0.621. The van der Waals surface area contributed by atoms with E-state index >= 15 is 0 Å². The maximum Gasteiger partial charge on any atom is 0.238 e. The van der Waals surface area contributed by atoms with Crippen LogP contribution in [0.4, 0.5) is 5.82 Å². The van der Waals surface area contributed by atoms with Crippen LogP contribution in [0.5, 0.6) is 0 Å². The van der Waals surface area contributed by atoms with E-state index in [0.717, 1.165) is 19.3 Å². The van der Waals surface area contributed by atoms with Crippen molar-refractivity contribution in [2.24, 2.45) is 17.8 Å². The van der Waals surface area contributed by atoms with Gasteiger partial charge in [0.1, 0.15) is 10.4 Å². The number of anilines is 1. The van der Waals surface area contributed by atoms with Crippen LogP contribution in [0.2, 0.25) is 0 Å². The van der Waals surface area contributed by atoms with E-state index in [-0.39, 0.29) is 23.7 Å². The third-order valence-electron chi connectivity index (χ3n) is 4.24. The highest BCUT2D eigenvalue weighted by atomic mass is 79.9. The van der Waals surface area contributed by atoms with Crippen LogP contribution in [0.15, 0.2) is 22.8 Å². The van der Waals surface area contributed by atoms with Crippen LogP contribution in [0.3, 0.4) is 0 Å². The lowest BCUT2D eigenvalue weighted by molar-refractivity contribution is -0.123. The SMILES string of the molecule is CCC1CC2C(=O)N(c3cccc(Br)n3)C(=O)C2C1. The fourth-order valence-corrected chi connectivity index (χ4v) is 3.54. The van der Waals surface area contributed by atoms with Gasteiger partial charge in [0, 0.05) is 0 Å². The molecule has 2 aliphatic rings. The number of halogens is 1. The normalized spacial score (nSPS) is 30.0. The molecule has 5 heteroatoms. The molecule has 2 unspecified atom stereocenters. The zero-order valence-electron chi connectivity index (χ0n) is 10.7. The Labute approximate surface area is 120 Å². The molecule has 1 aromatic rings. The first-order chi connectivity index (χ1) is 9.11. The molecular weight excluding hydrogens is 308 g/mol. The second-order valence-corrected chi connectivity index (χ2v) is 6.10. The van der Waals surface area contributed by atoms with E-state index < -0.39 is 0 Å². The summed E-state index contributed by atoms with van der Waals surface area (Å²) in [6.07, 6.45) is 2.73. The summed E-state index contributed by atoms with van der Waals surface area (Å²) < 4.78 is 0.633. The highest BCUT2D eigenvalue weighted by molar-refractivity contribution is 9.10. The van der Waals surface area contributed by atoms with Gasteiger partial charge in [-0.2, -0.15) is 0 Å². The van der Waals surface area contributed by atoms with E-state index in [0.29, 0.717) is 16.3 Å². The number of aromatic nitrogens is 1. The molecular formula is C14H15BrN2O2. The Morgan fingerprint density at radius 3 is 2.42 bits per heavy atom. The van der Waals surface area contributed by atoms with Gasteiger partial charge >= 0.3 is 0 Å². The van der Waals surface area contributed by atoms with Crippen LogP contribution < -0.4 is 4.90 Å². The first-order valence-corrected chi connectivity index (χ1v) is 7.41. The fraction of sp³-hybridized carbons (Fsp3) is 0.500. The topological polar surface area (TPSA) is 50.3 Å². The van der Waals surface area contributed by atoms with Gasteiger partial charge < -0.3 is 0 Å². The first kappa shape index (κ1) is 12.8.